The number of aryl methyl sites for hydroxylation is 2. The van der Waals surface area contributed by atoms with Crippen LogP contribution in [0.2, 0.25) is 0 Å². The highest BCUT2D eigenvalue weighted by Gasteiger charge is 2.09. The number of benzene rings is 1. The summed E-state index contributed by atoms with van der Waals surface area (Å²) in [6.45, 7) is 4.45. The van der Waals surface area contributed by atoms with Gasteiger partial charge in [-0.1, -0.05) is 6.07 Å². The molecule has 0 bridgehead atoms. The van der Waals surface area contributed by atoms with E-state index in [2.05, 4.69) is 5.10 Å². The molecule has 1 amide bonds. The molecule has 0 aliphatic carbocycles. The largest absolute Gasteiger partial charge is 0.496 e. The molecule has 0 saturated carbocycles. The van der Waals surface area contributed by atoms with Gasteiger partial charge in [0.25, 0.3) is 5.91 Å². The van der Waals surface area contributed by atoms with Crippen molar-refractivity contribution in [3.63, 3.8) is 0 Å². The number of amides is 1. The summed E-state index contributed by atoms with van der Waals surface area (Å²) < 4.78 is 7.25. The Kier molecular flexibility index (Phi) is 4.82. The lowest BCUT2D eigenvalue weighted by atomic mass is 10.1. The first-order valence-corrected chi connectivity index (χ1v) is 7.04. The van der Waals surface area contributed by atoms with Crippen LogP contribution >= 0.6 is 0 Å². The smallest absolute Gasteiger partial charge is 0.259 e. The van der Waals surface area contributed by atoms with Crippen molar-refractivity contribution in [2.45, 2.75) is 20.4 Å². The second kappa shape index (κ2) is 6.79. The highest BCUT2D eigenvalue weighted by Crippen LogP contribution is 2.23. The average Bonchev–Trinajstić information content (AvgIpc) is 2.82. The quantitative estimate of drug-likeness (QED) is 0.674. The number of ether oxygens (including phenoxy) is 1. The number of carbonyl (C=O) groups excluding carboxylic acids is 1. The third-order valence-electron chi connectivity index (χ3n) is 3.42. The molecule has 2 aromatic rings. The summed E-state index contributed by atoms with van der Waals surface area (Å²) in [4.78, 5) is 11.2. The van der Waals surface area contributed by atoms with Crippen molar-refractivity contribution in [1.82, 2.24) is 9.78 Å². The Morgan fingerprint density at radius 2 is 2.17 bits per heavy atom. The number of hydrogen-bond acceptors (Lipinski definition) is 4. The van der Waals surface area contributed by atoms with Crippen LogP contribution in [0.5, 0.6) is 5.75 Å². The number of rotatable bonds is 5. The van der Waals surface area contributed by atoms with Crippen LogP contribution in [0.3, 0.4) is 0 Å². The van der Waals surface area contributed by atoms with Gasteiger partial charge in [0.05, 0.1) is 19.3 Å². The van der Waals surface area contributed by atoms with Crippen molar-refractivity contribution < 1.29 is 9.53 Å². The fraction of sp³-hybridized carbons (Fsp3) is 0.235. The van der Waals surface area contributed by atoms with Crippen molar-refractivity contribution in [3.8, 4) is 11.8 Å². The van der Waals surface area contributed by atoms with Gasteiger partial charge in [0.2, 0.25) is 0 Å². The van der Waals surface area contributed by atoms with Crippen LogP contribution in [0.15, 0.2) is 29.8 Å². The van der Waals surface area contributed by atoms with Crippen LogP contribution < -0.4 is 10.5 Å². The lowest BCUT2D eigenvalue weighted by Crippen LogP contribution is -2.12. The van der Waals surface area contributed by atoms with Gasteiger partial charge in [-0.05, 0) is 43.7 Å². The highest BCUT2D eigenvalue weighted by atomic mass is 16.5. The summed E-state index contributed by atoms with van der Waals surface area (Å²) in [5, 5.41) is 13.4. The van der Waals surface area contributed by atoms with Crippen molar-refractivity contribution in [3.05, 3.63) is 52.4 Å². The van der Waals surface area contributed by atoms with E-state index in [9.17, 15) is 4.79 Å². The van der Waals surface area contributed by atoms with Gasteiger partial charge in [0.15, 0.2) is 0 Å². The molecule has 0 spiro atoms. The van der Waals surface area contributed by atoms with Crippen molar-refractivity contribution in [2.75, 3.05) is 7.11 Å². The van der Waals surface area contributed by atoms with Crippen LogP contribution in [-0.2, 0) is 11.3 Å². The molecule has 0 atom stereocenters. The summed E-state index contributed by atoms with van der Waals surface area (Å²) >= 11 is 0. The van der Waals surface area contributed by atoms with Gasteiger partial charge in [-0.3, -0.25) is 9.48 Å². The van der Waals surface area contributed by atoms with Gasteiger partial charge in [0, 0.05) is 11.3 Å². The Balaban J connectivity index is 2.42. The fourth-order valence-electron chi connectivity index (χ4n) is 2.33. The van der Waals surface area contributed by atoms with E-state index in [1.165, 1.54) is 6.08 Å². The number of methoxy groups -OCH3 is 1. The van der Waals surface area contributed by atoms with Crippen molar-refractivity contribution in [2.24, 2.45) is 5.73 Å². The van der Waals surface area contributed by atoms with Gasteiger partial charge in [-0.2, -0.15) is 10.4 Å². The summed E-state index contributed by atoms with van der Waals surface area (Å²) in [6, 6.07) is 9.21. The lowest BCUT2D eigenvalue weighted by Gasteiger charge is -2.11. The number of nitrogens with zero attached hydrogens (tertiary/aromatic N) is 3. The Labute approximate surface area is 134 Å². The van der Waals surface area contributed by atoms with E-state index in [1.54, 1.807) is 25.3 Å². The molecule has 1 aromatic heterocycles. The van der Waals surface area contributed by atoms with E-state index < -0.39 is 5.91 Å². The first kappa shape index (κ1) is 16.3. The van der Waals surface area contributed by atoms with Gasteiger partial charge in [-0.15, -0.1) is 0 Å². The minimum atomic E-state index is -0.747. The van der Waals surface area contributed by atoms with Gasteiger partial charge < -0.3 is 10.5 Å². The maximum absolute atomic E-state index is 11.2. The first-order chi connectivity index (χ1) is 10.9. The molecule has 6 heteroatoms. The van der Waals surface area contributed by atoms with Gasteiger partial charge in [-0.25, -0.2) is 0 Å². The van der Waals surface area contributed by atoms with E-state index in [4.69, 9.17) is 15.7 Å². The molecule has 1 aromatic carbocycles. The minimum absolute atomic E-state index is 0.0905. The van der Waals surface area contributed by atoms with Crippen molar-refractivity contribution in [1.29, 1.82) is 5.26 Å². The molecular formula is C17H18N4O2. The van der Waals surface area contributed by atoms with Crippen LogP contribution in [0.4, 0.5) is 0 Å². The Morgan fingerprint density at radius 1 is 1.43 bits per heavy atom. The Hall–Kier alpha value is -3.07. The molecule has 6 nitrogen and oxygen atoms in total. The molecule has 0 unspecified atom stereocenters. The zero-order valence-electron chi connectivity index (χ0n) is 13.3. The zero-order chi connectivity index (χ0) is 17.0. The molecule has 0 saturated heterocycles. The number of carbonyl (C=O) groups is 1. The number of nitrogens with two attached hydrogens (primary N) is 1. The number of nitriles is 1. The average molecular weight is 310 g/mol. The van der Waals surface area contributed by atoms with Gasteiger partial charge >= 0.3 is 0 Å². The topological polar surface area (TPSA) is 93.9 Å². The van der Waals surface area contributed by atoms with E-state index in [-0.39, 0.29) is 5.57 Å². The van der Waals surface area contributed by atoms with Crippen LogP contribution in [-0.4, -0.2) is 22.8 Å². The SMILES string of the molecule is COc1ccc(/C=C(\C#N)C(N)=O)cc1Cn1nc(C)cc1C. The third kappa shape index (κ3) is 3.77. The van der Waals surface area contributed by atoms with E-state index in [1.807, 2.05) is 30.7 Å². The predicted molar refractivity (Wildman–Crippen MR) is 86.6 cm³/mol. The molecule has 1 heterocycles. The second-order valence-electron chi connectivity index (χ2n) is 5.19. The molecule has 0 aliphatic heterocycles. The molecular weight excluding hydrogens is 292 g/mol. The Bertz CT molecular complexity index is 812. The fourth-order valence-corrected chi connectivity index (χ4v) is 2.33. The summed E-state index contributed by atoms with van der Waals surface area (Å²) in [7, 11) is 1.60. The predicted octanol–water partition coefficient (Wildman–Crippen LogP) is 1.95. The second-order valence-corrected chi connectivity index (χ2v) is 5.19. The maximum Gasteiger partial charge on any atom is 0.259 e. The number of primary amides is 1. The monoisotopic (exact) mass is 310 g/mol. The molecule has 23 heavy (non-hydrogen) atoms. The lowest BCUT2D eigenvalue weighted by molar-refractivity contribution is -0.114. The first-order valence-electron chi connectivity index (χ1n) is 7.04. The molecule has 2 rings (SSSR count). The standard InChI is InChI=1S/C17H18N4O2/c1-11-6-12(2)21(20-11)10-15-8-13(4-5-16(15)23-3)7-14(9-18)17(19)22/h4-8H,10H2,1-3H3,(H2,19,22)/b14-7+. The normalized spacial score (nSPS) is 11.1. The third-order valence-corrected chi connectivity index (χ3v) is 3.42. The molecule has 118 valence electrons. The molecule has 0 radical (unpaired) electrons. The van der Waals surface area contributed by atoms with Gasteiger partial charge in [0.1, 0.15) is 17.4 Å². The van der Waals surface area contributed by atoms with E-state index >= 15 is 0 Å². The Morgan fingerprint density at radius 3 is 2.70 bits per heavy atom. The van der Waals surface area contributed by atoms with E-state index in [0.29, 0.717) is 17.9 Å². The summed E-state index contributed by atoms with van der Waals surface area (Å²) in [6.07, 6.45) is 1.46. The van der Waals surface area contributed by atoms with Crippen molar-refractivity contribution >= 4 is 12.0 Å². The summed E-state index contributed by atoms with van der Waals surface area (Å²) in [5.74, 6) is -0.0318. The highest BCUT2D eigenvalue weighted by molar-refractivity contribution is 6.00. The molecule has 0 aliphatic rings. The minimum Gasteiger partial charge on any atom is -0.496 e. The van der Waals surface area contributed by atoms with Crippen LogP contribution in [0.25, 0.3) is 6.08 Å². The summed E-state index contributed by atoms with van der Waals surface area (Å²) in [5.41, 5.74) is 8.66. The molecule has 0 fully saturated rings. The van der Waals surface area contributed by atoms with Crippen LogP contribution in [0, 0.1) is 25.2 Å². The zero-order valence-corrected chi connectivity index (χ0v) is 13.3. The maximum atomic E-state index is 11.2. The number of hydrogen-bond donors (Lipinski definition) is 1. The number of aromatic nitrogens is 2. The molecule has 2 N–H and O–H groups in total. The van der Waals surface area contributed by atoms with E-state index in [0.717, 1.165) is 17.0 Å². The van der Waals surface area contributed by atoms with Crippen LogP contribution in [0.1, 0.15) is 22.5 Å².